The minimum atomic E-state index is -0.207. The molecule has 1 aromatic carbocycles. The lowest BCUT2D eigenvalue weighted by Crippen LogP contribution is -2.35. The van der Waals surface area contributed by atoms with Crippen molar-refractivity contribution in [3.63, 3.8) is 0 Å². The fourth-order valence-corrected chi connectivity index (χ4v) is 1.95. The maximum atomic E-state index is 11.7. The van der Waals surface area contributed by atoms with Crippen molar-refractivity contribution < 1.29 is 9.59 Å². The number of amides is 2. The predicted molar refractivity (Wildman–Crippen MR) is 93.5 cm³/mol. The number of para-hydroxylation sites is 1. The third-order valence-electron chi connectivity index (χ3n) is 3.30. The zero-order valence-corrected chi connectivity index (χ0v) is 13.9. The topological polar surface area (TPSA) is 76.0 Å². The molecule has 2 N–H and O–H groups in total. The fourth-order valence-electron chi connectivity index (χ4n) is 1.95. The van der Waals surface area contributed by atoms with Crippen LogP contribution >= 0.6 is 0 Å². The molecule has 0 aliphatic carbocycles. The van der Waals surface area contributed by atoms with Crippen molar-refractivity contribution in [2.24, 2.45) is 5.92 Å². The molecule has 0 spiro atoms. The van der Waals surface area contributed by atoms with Crippen LogP contribution in [0.5, 0.6) is 0 Å². The van der Waals surface area contributed by atoms with Crippen LogP contribution in [-0.4, -0.2) is 34.7 Å². The van der Waals surface area contributed by atoms with Gasteiger partial charge in [-0.15, -0.1) is 0 Å². The summed E-state index contributed by atoms with van der Waals surface area (Å²) in [4.78, 5) is 23.1. The van der Waals surface area contributed by atoms with Crippen molar-refractivity contribution >= 4 is 17.9 Å². The van der Waals surface area contributed by atoms with Crippen LogP contribution in [0.1, 0.15) is 19.4 Å². The number of carbonyl (C=O) groups is 2. The van der Waals surface area contributed by atoms with Crippen LogP contribution in [0.25, 0.3) is 11.8 Å². The van der Waals surface area contributed by atoms with Crippen LogP contribution in [0.2, 0.25) is 0 Å². The molecule has 0 aliphatic heterocycles. The van der Waals surface area contributed by atoms with Crippen LogP contribution in [0, 0.1) is 5.92 Å². The summed E-state index contributed by atoms with van der Waals surface area (Å²) < 4.78 is 1.75. The van der Waals surface area contributed by atoms with Gasteiger partial charge < -0.3 is 10.6 Å². The zero-order chi connectivity index (χ0) is 17.4. The molecule has 0 atom stereocenters. The average molecular weight is 326 g/mol. The molecule has 126 valence electrons. The summed E-state index contributed by atoms with van der Waals surface area (Å²) in [5.74, 6) is -0.281. The van der Waals surface area contributed by atoms with Crippen molar-refractivity contribution in [2.75, 3.05) is 13.1 Å². The molecule has 6 nitrogen and oxygen atoms in total. The molecule has 1 aromatic heterocycles. The number of aromatic nitrogens is 2. The van der Waals surface area contributed by atoms with Crippen LogP contribution in [0.15, 0.2) is 48.8 Å². The maximum absolute atomic E-state index is 11.7. The average Bonchev–Trinajstić information content (AvgIpc) is 3.06. The van der Waals surface area contributed by atoms with Crippen molar-refractivity contribution in [2.45, 2.75) is 13.8 Å². The number of carbonyl (C=O) groups excluding carboxylic acids is 2. The molecule has 0 unspecified atom stereocenters. The number of nitrogens with one attached hydrogen (secondary N) is 2. The quantitative estimate of drug-likeness (QED) is 0.601. The Morgan fingerprint density at radius 1 is 1.17 bits per heavy atom. The van der Waals surface area contributed by atoms with Crippen LogP contribution in [-0.2, 0) is 9.59 Å². The first-order chi connectivity index (χ1) is 11.6. The monoisotopic (exact) mass is 326 g/mol. The zero-order valence-electron chi connectivity index (χ0n) is 13.9. The third-order valence-corrected chi connectivity index (χ3v) is 3.30. The summed E-state index contributed by atoms with van der Waals surface area (Å²) in [5.41, 5.74) is 1.80. The Labute approximate surface area is 141 Å². The first kappa shape index (κ1) is 17.5. The van der Waals surface area contributed by atoms with Gasteiger partial charge >= 0.3 is 0 Å². The normalized spacial score (nSPS) is 11.0. The Kier molecular flexibility index (Phi) is 6.31. The molecule has 0 bridgehead atoms. The molecule has 0 saturated heterocycles. The van der Waals surface area contributed by atoms with E-state index in [1.54, 1.807) is 17.0 Å². The van der Waals surface area contributed by atoms with Gasteiger partial charge in [0.15, 0.2) is 0 Å². The van der Waals surface area contributed by atoms with E-state index in [9.17, 15) is 9.59 Å². The van der Waals surface area contributed by atoms with E-state index >= 15 is 0 Å². The van der Waals surface area contributed by atoms with E-state index < -0.39 is 0 Å². The highest BCUT2D eigenvalue weighted by atomic mass is 16.2. The van der Waals surface area contributed by atoms with Crippen molar-refractivity contribution in [3.05, 3.63) is 54.4 Å². The fraction of sp³-hybridized carbons (Fsp3) is 0.278. The van der Waals surface area contributed by atoms with E-state index in [2.05, 4.69) is 15.7 Å². The molecule has 6 heteroatoms. The van der Waals surface area contributed by atoms with E-state index in [4.69, 9.17) is 0 Å². The lowest BCUT2D eigenvalue weighted by Gasteiger charge is -2.07. The number of nitrogens with zero attached hydrogens (tertiary/aromatic N) is 2. The van der Waals surface area contributed by atoms with E-state index in [1.807, 2.05) is 50.4 Å². The van der Waals surface area contributed by atoms with Gasteiger partial charge in [-0.3, -0.25) is 9.59 Å². The van der Waals surface area contributed by atoms with Gasteiger partial charge in [0, 0.05) is 36.8 Å². The first-order valence-corrected chi connectivity index (χ1v) is 7.90. The first-order valence-electron chi connectivity index (χ1n) is 7.90. The summed E-state index contributed by atoms with van der Waals surface area (Å²) >= 11 is 0. The van der Waals surface area contributed by atoms with Gasteiger partial charge in [-0.2, -0.15) is 5.10 Å². The summed E-state index contributed by atoms with van der Waals surface area (Å²) in [6.07, 6.45) is 6.70. The van der Waals surface area contributed by atoms with Gasteiger partial charge in [0.25, 0.3) is 0 Å². The van der Waals surface area contributed by atoms with Gasteiger partial charge in [0.1, 0.15) is 0 Å². The number of rotatable bonds is 7. The van der Waals surface area contributed by atoms with Gasteiger partial charge in [-0.25, -0.2) is 4.68 Å². The predicted octanol–water partition coefficient (Wildman–Crippen LogP) is 1.77. The molecule has 0 fully saturated rings. The van der Waals surface area contributed by atoms with Crippen molar-refractivity contribution in [3.8, 4) is 5.69 Å². The van der Waals surface area contributed by atoms with Crippen molar-refractivity contribution in [1.29, 1.82) is 0 Å². The highest BCUT2D eigenvalue weighted by Gasteiger charge is 2.05. The van der Waals surface area contributed by atoms with Gasteiger partial charge in [-0.05, 0) is 18.2 Å². The largest absolute Gasteiger partial charge is 0.354 e. The molecule has 2 amide bonds. The van der Waals surface area contributed by atoms with E-state index in [1.165, 1.54) is 6.08 Å². The van der Waals surface area contributed by atoms with Crippen LogP contribution in [0.4, 0.5) is 0 Å². The molecule has 0 saturated carbocycles. The second-order valence-electron chi connectivity index (χ2n) is 5.62. The van der Waals surface area contributed by atoms with E-state index in [-0.39, 0.29) is 17.7 Å². The van der Waals surface area contributed by atoms with Crippen molar-refractivity contribution in [1.82, 2.24) is 20.4 Å². The highest BCUT2D eigenvalue weighted by molar-refractivity contribution is 5.91. The maximum Gasteiger partial charge on any atom is 0.244 e. The molecule has 1 heterocycles. The van der Waals surface area contributed by atoms with Gasteiger partial charge in [0.05, 0.1) is 11.9 Å². The lowest BCUT2D eigenvalue weighted by molar-refractivity contribution is -0.124. The third kappa shape index (κ3) is 5.39. The SMILES string of the molecule is CC(C)C(=O)NCCNC(=O)/C=C/c1cnn(-c2ccccc2)c1. The number of benzene rings is 1. The second kappa shape index (κ2) is 8.67. The second-order valence-corrected chi connectivity index (χ2v) is 5.62. The summed E-state index contributed by atoms with van der Waals surface area (Å²) in [6.45, 7) is 4.46. The standard InChI is InChI=1S/C18H22N4O2/c1-14(2)18(24)20-11-10-19-17(23)9-8-15-12-21-22(13-15)16-6-4-3-5-7-16/h3-9,12-14H,10-11H2,1-2H3,(H,19,23)(H,20,24)/b9-8+. The number of hydrogen-bond acceptors (Lipinski definition) is 3. The van der Waals surface area contributed by atoms with E-state index in [0.29, 0.717) is 13.1 Å². The molecule has 24 heavy (non-hydrogen) atoms. The molecule has 2 rings (SSSR count). The Hall–Kier alpha value is -2.89. The minimum Gasteiger partial charge on any atom is -0.354 e. The van der Waals surface area contributed by atoms with Gasteiger partial charge in [-0.1, -0.05) is 32.0 Å². The van der Waals surface area contributed by atoms with Crippen LogP contribution < -0.4 is 10.6 Å². The van der Waals surface area contributed by atoms with Crippen LogP contribution in [0.3, 0.4) is 0 Å². The summed E-state index contributed by atoms with van der Waals surface area (Å²) in [5, 5.41) is 9.72. The molecule has 0 radical (unpaired) electrons. The summed E-state index contributed by atoms with van der Waals surface area (Å²) in [7, 11) is 0. The molecular formula is C18H22N4O2. The molecule has 0 aliphatic rings. The molecular weight excluding hydrogens is 304 g/mol. The Morgan fingerprint density at radius 3 is 2.58 bits per heavy atom. The number of hydrogen-bond donors (Lipinski definition) is 2. The molecule has 2 aromatic rings. The lowest BCUT2D eigenvalue weighted by atomic mass is 10.2. The smallest absolute Gasteiger partial charge is 0.244 e. The van der Waals surface area contributed by atoms with E-state index in [0.717, 1.165) is 11.3 Å². The Bertz CT molecular complexity index is 705. The Balaban J connectivity index is 1.78. The summed E-state index contributed by atoms with van der Waals surface area (Å²) in [6, 6.07) is 9.75. The minimum absolute atomic E-state index is 0.0203. The van der Waals surface area contributed by atoms with Gasteiger partial charge in [0.2, 0.25) is 11.8 Å². The highest BCUT2D eigenvalue weighted by Crippen LogP contribution is 2.08. The Morgan fingerprint density at radius 2 is 1.88 bits per heavy atom.